The maximum atomic E-state index is 5.73. The van der Waals surface area contributed by atoms with Gasteiger partial charge in [0, 0.05) is 45.3 Å². The smallest absolute Gasteiger partial charge is 0.119 e. The second-order valence-electron chi connectivity index (χ2n) is 5.12. The summed E-state index contributed by atoms with van der Waals surface area (Å²) in [5, 5.41) is 0. The third-order valence-corrected chi connectivity index (χ3v) is 3.79. The zero-order chi connectivity index (χ0) is 13.5. The van der Waals surface area contributed by atoms with Gasteiger partial charge in [-0.15, -0.1) is 0 Å². The van der Waals surface area contributed by atoms with Crippen LogP contribution in [0.2, 0.25) is 0 Å². The van der Waals surface area contributed by atoms with Crippen LogP contribution < -0.4 is 10.5 Å². The van der Waals surface area contributed by atoms with Gasteiger partial charge in [0.25, 0.3) is 0 Å². The van der Waals surface area contributed by atoms with Crippen LogP contribution in [0.15, 0.2) is 30.3 Å². The van der Waals surface area contributed by atoms with Crippen LogP contribution in [-0.2, 0) is 0 Å². The molecule has 0 spiro atoms. The summed E-state index contributed by atoms with van der Waals surface area (Å²) in [6, 6.07) is 10.5. The van der Waals surface area contributed by atoms with E-state index >= 15 is 0 Å². The van der Waals surface area contributed by atoms with Crippen molar-refractivity contribution in [2.24, 2.45) is 5.73 Å². The molecule has 0 amide bonds. The Morgan fingerprint density at radius 2 is 1.84 bits per heavy atom. The molecule has 0 bridgehead atoms. The fourth-order valence-electron chi connectivity index (χ4n) is 2.39. The van der Waals surface area contributed by atoms with Crippen molar-refractivity contribution in [3.05, 3.63) is 30.3 Å². The predicted octanol–water partition coefficient (Wildman–Crippen LogP) is 1.03. The van der Waals surface area contributed by atoms with E-state index in [0.29, 0.717) is 6.04 Å². The van der Waals surface area contributed by atoms with Gasteiger partial charge in [0.1, 0.15) is 12.4 Å². The molecule has 2 N–H and O–H groups in total. The topological polar surface area (TPSA) is 41.7 Å². The van der Waals surface area contributed by atoms with Crippen molar-refractivity contribution in [1.29, 1.82) is 0 Å². The first-order valence-corrected chi connectivity index (χ1v) is 7.14. The lowest BCUT2D eigenvalue weighted by atomic mass is 10.2. The summed E-state index contributed by atoms with van der Waals surface area (Å²) in [6.45, 7) is 9.17. The first kappa shape index (κ1) is 14.3. The van der Waals surface area contributed by atoms with E-state index in [4.69, 9.17) is 10.5 Å². The van der Waals surface area contributed by atoms with E-state index in [-0.39, 0.29) is 0 Å². The molecule has 1 aromatic carbocycles. The Labute approximate surface area is 116 Å². The number of nitrogens with two attached hydrogens (primary N) is 1. The number of nitrogens with zero attached hydrogens (tertiary/aromatic N) is 2. The maximum Gasteiger partial charge on any atom is 0.119 e. The molecule has 4 heteroatoms. The van der Waals surface area contributed by atoms with Crippen molar-refractivity contribution < 1.29 is 4.74 Å². The van der Waals surface area contributed by atoms with E-state index in [2.05, 4.69) is 16.7 Å². The molecule has 19 heavy (non-hydrogen) atoms. The number of hydrogen-bond acceptors (Lipinski definition) is 4. The Morgan fingerprint density at radius 3 is 2.47 bits per heavy atom. The molecule has 1 aliphatic rings. The van der Waals surface area contributed by atoms with Gasteiger partial charge in [0.2, 0.25) is 0 Å². The SMILES string of the molecule is CC(CN)N1CCN(CCOc2ccccc2)CC1. The lowest BCUT2D eigenvalue weighted by Gasteiger charge is -2.37. The van der Waals surface area contributed by atoms with Gasteiger partial charge in [-0.3, -0.25) is 9.80 Å². The molecule has 1 aromatic rings. The van der Waals surface area contributed by atoms with Crippen molar-refractivity contribution in [3.63, 3.8) is 0 Å². The van der Waals surface area contributed by atoms with Crippen molar-refractivity contribution in [3.8, 4) is 5.75 Å². The molecule has 1 atom stereocenters. The fourth-order valence-corrected chi connectivity index (χ4v) is 2.39. The lowest BCUT2D eigenvalue weighted by molar-refractivity contribution is 0.0941. The first-order chi connectivity index (χ1) is 9.29. The van der Waals surface area contributed by atoms with Gasteiger partial charge in [-0.2, -0.15) is 0 Å². The molecular formula is C15H25N3O. The molecule has 1 aliphatic heterocycles. The third kappa shape index (κ3) is 4.49. The lowest BCUT2D eigenvalue weighted by Crippen LogP contribution is -2.51. The molecule has 0 aliphatic carbocycles. The number of rotatable bonds is 6. The van der Waals surface area contributed by atoms with Crippen molar-refractivity contribution in [2.75, 3.05) is 45.9 Å². The van der Waals surface area contributed by atoms with E-state index in [1.165, 1.54) is 0 Å². The highest BCUT2D eigenvalue weighted by molar-refractivity contribution is 5.20. The Bertz CT molecular complexity index is 350. The van der Waals surface area contributed by atoms with Crippen molar-refractivity contribution in [1.82, 2.24) is 9.80 Å². The first-order valence-electron chi connectivity index (χ1n) is 7.14. The number of hydrogen-bond donors (Lipinski definition) is 1. The maximum absolute atomic E-state index is 5.73. The zero-order valence-corrected chi connectivity index (χ0v) is 11.8. The van der Waals surface area contributed by atoms with Crippen LogP contribution in [0.4, 0.5) is 0 Å². The van der Waals surface area contributed by atoms with Crippen molar-refractivity contribution in [2.45, 2.75) is 13.0 Å². The molecule has 0 saturated carbocycles. The van der Waals surface area contributed by atoms with Crippen LogP contribution in [0.25, 0.3) is 0 Å². The third-order valence-electron chi connectivity index (χ3n) is 3.79. The summed E-state index contributed by atoms with van der Waals surface area (Å²) >= 11 is 0. The molecule has 0 radical (unpaired) electrons. The molecule has 1 fully saturated rings. The molecular weight excluding hydrogens is 238 g/mol. The van der Waals surface area contributed by atoms with Gasteiger partial charge in [-0.1, -0.05) is 18.2 Å². The van der Waals surface area contributed by atoms with E-state index in [1.54, 1.807) is 0 Å². The molecule has 1 saturated heterocycles. The fraction of sp³-hybridized carbons (Fsp3) is 0.600. The summed E-state index contributed by atoms with van der Waals surface area (Å²) in [4.78, 5) is 4.93. The van der Waals surface area contributed by atoms with E-state index in [0.717, 1.165) is 51.6 Å². The van der Waals surface area contributed by atoms with Crippen LogP contribution in [0, 0.1) is 0 Å². The van der Waals surface area contributed by atoms with Gasteiger partial charge < -0.3 is 10.5 Å². The minimum atomic E-state index is 0.503. The van der Waals surface area contributed by atoms with Crippen LogP contribution in [-0.4, -0.2) is 61.7 Å². The Balaban J connectivity index is 1.63. The van der Waals surface area contributed by atoms with Crippen LogP contribution in [0.5, 0.6) is 5.75 Å². The van der Waals surface area contributed by atoms with E-state index in [9.17, 15) is 0 Å². The average Bonchev–Trinajstić information content (AvgIpc) is 2.48. The summed E-state index contributed by atoms with van der Waals surface area (Å²) < 4.78 is 5.73. The molecule has 1 unspecified atom stereocenters. The number of ether oxygens (including phenoxy) is 1. The molecule has 2 rings (SSSR count). The minimum absolute atomic E-state index is 0.503. The van der Waals surface area contributed by atoms with Gasteiger partial charge in [-0.25, -0.2) is 0 Å². The Morgan fingerprint density at radius 1 is 1.16 bits per heavy atom. The van der Waals surface area contributed by atoms with Gasteiger partial charge in [0.05, 0.1) is 0 Å². The monoisotopic (exact) mass is 263 g/mol. The highest BCUT2D eigenvalue weighted by atomic mass is 16.5. The van der Waals surface area contributed by atoms with Crippen LogP contribution >= 0.6 is 0 Å². The second kappa shape index (κ2) is 7.48. The van der Waals surface area contributed by atoms with Crippen LogP contribution in [0.1, 0.15) is 6.92 Å². The zero-order valence-electron chi connectivity index (χ0n) is 11.8. The number of piperazine rings is 1. The molecule has 4 nitrogen and oxygen atoms in total. The highest BCUT2D eigenvalue weighted by Gasteiger charge is 2.19. The molecule has 0 aromatic heterocycles. The number of benzene rings is 1. The largest absolute Gasteiger partial charge is 0.492 e. The minimum Gasteiger partial charge on any atom is -0.492 e. The van der Waals surface area contributed by atoms with Crippen LogP contribution in [0.3, 0.4) is 0 Å². The summed E-state index contributed by atoms with van der Waals surface area (Å²) in [5.41, 5.74) is 5.71. The normalized spacial score (nSPS) is 19.3. The molecule has 106 valence electrons. The predicted molar refractivity (Wildman–Crippen MR) is 78.5 cm³/mol. The average molecular weight is 263 g/mol. The highest BCUT2D eigenvalue weighted by Crippen LogP contribution is 2.09. The quantitative estimate of drug-likeness (QED) is 0.832. The Hall–Kier alpha value is -1.10. The van der Waals surface area contributed by atoms with E-state index in [1.807, 2.05) is 30.3 Å². The van der Waals surface area contributed by atoms with Gasteiger partial charge in [-0.05, 0) is 19.1 Å². The summed E-state index contributed by atoms with van der Waals surface area (Å²) in [5.74, 6) is 0.956. The standard InChI is InChI=1S/C15H25N3O/c1-14(13-16)18-9-7-17(8-10-18)11-12-19-15-5-3-2-4-6-15/h2-6,14H,7-13,16H2,1H3. The molecule has 1 heterocycles. The summed E-state index contributed by atoms with van der Waals surface area (Å²) in [6.07, 6.45) is 0. The van der Waals surface area contributed by atoms with E-state index < -0.39 is 0 Å². The Kier molecular flexibility index (Phi) is 5.63. The van der Waals surface area contributed by atoms with Gasteiger partial charge >= 0.3 is 0 Å². The van der Waals surface area contributed by atoms with Gasteiger partial charge in [0.15, 0.2) is 0 Å². The number of para-hydroxylation sites is 1. The van der Waals surface area contributed by atoms with Crippen molar-refractivity contribution >= 4 is 0 Å². The summed E-state index contributed by atoms with van der Waals surface area (Å²) in [7, 11) is 0. The second-order valence-corrected chi connectivity index (χ2v) is 5.12.